The standard InChI is InChI=1S/C10H12ClN3/c1-7-4-3-5-14-9(11)8(6-12-2)13-10(7)14/h3-5,12H,6H2,1-2H3. The van der Waals surface area contributed by atoms with Crippen LogP contribution in [0.3, 0.4) is 0 Å². The second-order valence-electron chi connectivity index (χ2n) is 3.26. The second-order valence-corrected chi connectivity index (χ2v) is 3.62. The molecule has 0 spiro atoms. The fourth-order valence-corrected chi connectivity index (χ4v) is 1.75. The predicted octanol–water partition coefficient (Wildman–Crippen LogP) is 2.02. The Morgan fingerprint density at radius 1 is 1.57 bits per heavy atom. The van der Waals surface area contributed by atoms with Gasteiger partial charge in [0.25, 0.3) is 0 Å². The molecule has 14 heavy (non-hydrogen) atoms. The van der Waals surface area contributed by atoms with Gasteiger partial charge in [-0.05, 0) is 25.6 Å². The summed E-state index contributed by atoms with van der Waals surface area (Å²) in [6.45, 7) is 2.72. The van der Waals surface area contributed by atoms with Crippen molar-refractivity contribution in [1.29, 1.82) is 0 Å². The predicted molar refractivity (Wildman–Crippen MR) is 57.7 cm³/mol. The van der Waals surface area contributed by atoms with E-state index >= 15 is 0 Å². The van der Waals surface area contributed by atoms with Gasteiger partial charge in [0.2, 0.25) is 0 Å². The van der Waals surface area contributed by atoms with Crippen LogP contribution < -0.4 is 5.32 Å². The Kier molecular flexibility index (Phi) is 2.44. The number of aromatic nitrogens is 2. The van der Waals surface area contributed by atoms with Gasteiger partial charge >= 0.3 is 0 Å². The fourth-order valence-electron chi connectivity index (χ4n) is 1.50. The first kappa shape index (κ1) is 9.49. The zero-order valence-corrected chi connectivity index (χ0v) is 8.97. The molecule has 4 heteroatoms. The first-order valence-electron chi connectivity index (χ1n) is 4.50. The molecule has 2 rings (SSSR count). The van der Waals surface area contributed by atoms with E-state index in [1.165, 1.54) is 0 Å². The van der Waals surface area contributed by atoms with Crippen LogP contribution in [0, 0.1) is 6.92 Å². The van der Waals surface area contributed by atoms with E-state index < -0.39 is 0 Å². The Bertz CT molecular complexity index is 462. The molecule has 2 aromatic rings. The summed E-state index contributed by atoms with van der Waals surface area (Å²) in [4.78, 5) is 4.47. The molecule has 0 aromatic carbocycles. The Hall–Kier alpha value is -1.06. The summed E-state index contributed by atoms with van der Waals surface area (Å²) in [6, 6.07) is 4.00. The van der Waals surface area contributed by atoms with E-state index in [1.807, 2.05) is 36.7 Å². The van der Waals surface area contributed by atoms with Gasteiger partial charge in [0.15, 0.2) is 0 Å². The lowest BCUT2D eigenvalue weighted by Gasteiger charge is -1.96. The van der Waals surface area contributed by atoms with E-state index in [0.29, 0.717) is 11.7 Å². The monoisotopic (exact) mass is 209 g/mol. The molecule has 0 unspecified atom stereocenters. The summed E-state index contributed by atoms with van der Waals surface area (Å²) in [7, 11) is 1.88. The van der Waals surface area contributed by atoms with Crippen LogP contribution in [0.4, 0.5) is 0 Å². The zero-order chi connectivity index (χ0) is 10.1. The molecule has 0 bridgehead atoms. The van der Waals surface area contributed by atoms with Crippen molar-refractivity contribution in [2.75, 3.05) is 7.05 Å². The number of hydrogen-bond acceptors (Lipinski definition) is 2. The molecule has 0 fully saturated rings. The maximum Gasteiger partial charge on any atom is 0.141 e. The molecule has 2 aromatic heterocycles. The summed E-state index contributed by atoms with van der Waals surface area (Å²) in [5, 5.41) is 3.74. The van der Waals surface area contributed by atoms with Crippen LogP contribution in [0.15, 0.2) is 18.3 Å². The third kappa shape index (κ3) is 1.38. The molecule has 0 atom stereocenters. The van der Waals surface area contributed by atoms with Crippen molar-refractivity contribution >= 4 is 17.2 Å². The highest BCUT2D eigenvalue weighted by Crippen LogP contribution is 2.19. The van der Waals surface area contributed by atoms with Crippen LogP contribution >= 0.6 is 11.6 Å². The van der Waals surface area contributed by atoms with Crippen LogP contribution in [0.2, 0.25) is 5.15 Å². The number of halogens is 1. The summed E-state index contributed by atoms with van der Waals surface area (Å²) in [5.41, 5.74) is 2.96. The van der Waals surface area contributed by atoms with Crippen LogP contribution in [0.5, 0.6) is 0 Å². The second kappa shape index (κ2) is 3.59. The molecule has 0 saturated heterocycles. The number of pyridine rings is 1. The minimum Gasteiger partial charge on any atom is -0.314 e. The van der Waals surface area contributed by atoms with Gasteiger partial charge in [0, 0.05) is 12.7 Å². The molecule has 0 radical (unpaired) electrons. The Morgan fingerprint density at radius 3 is 3.00 bits per heavy atom. The van der Waals surface area contributed by atoms with Crippen LogP contribution in [0.1, 0.15) is 11.3 Å². The lowest BCUT2D eigenvalue weighted by atomic mass is 10.3. The Balaban J connectivity index is 2.67. The lowest BCUT2D eigenvalue weighted by molar-refractivity contribution is 0.798. The number of fused-ring (bicyclic) bond motifs is 1. The van der Waals surface area contributed by atoms with Gasteiger partial charge in [-0.2, -0.15) is 0 Å². The highest BCUT2D eigenvalue weighted by atomic mass is 35.5. The minimum absolute atomic E-state index is 0.693. The van der Waals surface area contributed by atoms with Gasteiger partial charge in [0.05, 0.1) is 5.69 Å². The van der Waals surface area contributed by atoms with E-state index in [4.69, 9.17) is 11.6 Å². The number of hydrogen-bond donors (Lipinski definition) is 1. The van der Waals surface area contributed by atoms with Crippen LogP contribution in [-0.4, -0.2) is 16.4 Å². The average molecular weight is 210 g/mol. The lowest BCUT2D eigenvalue weighted by Crippen LogP contribution is -2.05. The van der Waals surface area contributed by atoms with Crippen molar-refractivity contribution in [3.05, 3.63) is 34.7 Å². The third-order valence-corrected chi connectivity index (χ3v) is 2.60. The molecular weight excluding hydrogens is 198 g/mol. The summed E-state index contributed by atoms with van der Waals surface area (Å²) < 4.78 is 1.91. The quantitative estimate of drug-likeness (QED) is 0.820. The molecule has 1 N–H and O–H groups in total. The van der Waals surface area contributed by atoms with Gasteiger partial charge in [-0.3, -0.25) is 4.40 Å². The van der Waals surface area contributed by atoms with E-state index in [-0.39, 0.29) is 0 Å². The largest absolute Gasteiger partial charge is 0.314 e. The minimum atomic E-state index is 0.693. The van der Waals surface area contributed by atoms with Crippen molar-refractivity contribution in [2.45, 2.75) is 13.5 Å². The SMILES string of the molecule is CNCc1nc2c(C)cccn2c1Cl. The van der Waals surface area contributed by atoms with Gasteiger partial charge < -0.3 is 5.32 Å². The van der Waals surface area contributed by atoms with E-state index in [9.17, 15) is 0 Å². The molecule has 2 heterocycles. The number of imidazole rings is 1. The van der Waals surface area contributed by atoms with Crippen LogP contribution in [-0.2, 0) is 6.54 Å². The smallest absolute Gasteiger partial charge is 0.141 e. The fraction of sp³-hybridized carbons (Fsp3) is 0.300. The van der Waals surface area contributed by atoms with E-state index in [1.54, 1.807) is 0 Å². The Morgan fingerprint density at radius 2 is 2.36 bits per heavy atom. The first-order valence-corrected chi connectivity index (χ1v) is 4.88. The highest BCUT2D eigenvalue weighted by Gasteiger charge is 2.09. The topological polar surface area (TPSA) is 29.3 Å². The van der Waals surface area contributed by atoms with Crippen molar-refractivity contribution < 1.29 is 0 Å². The molecule has 0 amide bonds. The van der Waals surface area contributed by atoms with Gasteiger partial charge in [0.1, 0.15) is 10.8 Å². The average Bonchev–Trinajstić information content (AvgIpc) is 2.48. The number of aryl methyl sites for hydroxylation is 1. The molecule has 0 aliphatic carbocycles. The van der Waals surface area contributed by atoms with Gasteiger partial charge in [-0.15, -0.1) is 0 Å². The highest BCUT2D eigenvalue weighted by molar-refractivity contribution is 6.30. The third-order valence-electron chi connectivity index (χ3n) is 2.20. The normalized spacial score (nSPS) is 11.1. The van der Waals surface area contributed by atoms with Crippen molar-refractivity contribution in [3.63, 3.8) is 0 Å². The van der Waals surface area contributed by atoms with Crippen molar-refractivity contribution in [1.82, 2.24) is 14.7 Å². The van der Waals surface area contributed by atoms with Gasteiger partial charge in [-0.1, -0.05) is 17.7 Å². The molecule has 0 saturated carbocycles. The summed E-state index contributed by atoms with van der Waals surface area (Å²) in [5.74, 6) is 0. The van der Waals surface area contributed by atoms with Crippen LogP contribution in [0.25, 0.3) is 5.65 Å². The zero-order valence-electron chi connectivity index (χ0n) is 8.21. The van der Waals surface area contributed by atoms with Gasteiger partial charge in [-0.25, -0.2) is 4.98 Å². The molecule has 0 aliphatic rings. The molecule has 0 aliphatic heterocycles. The Labute approximate surface area is 87.7 Å². The molecule has 74 valence electrons. The molecular formula is C10H12ClN3. The number of rotatable bonds is 2. The number of nitrogens with one attached hydrogen (secondary N) is 1. The summed E-state index contributed by atoms with van der Waals surface area (Å²) >= 11 is 6.17. The van der Waals surface area contributed by atoms with Crippen molar-refractivity contribution in [3.8, 4) is 0 Å². The maximum absolute atomic E-state index is 6.17. The first-order chi connectivity index (χ1) is 6.74. The van der Waals surface area contributed by atoms with E-state index in [2.05, 4.69) is 10.3 Å². The van der Waals surface area contributed by atoms with Crippen molar-refractivity contribution in [2.24, 2.45) is 0 Å². The number of nitrogens with zero attached hydrogens (tertiary/aromatic N) is 2. The van der Waals surface area contributed by atoms with E-state index in [0.717, 1.165) is 16.9 Å². The maximum atomic E-state index is 6.17. The molecule has 3 nitrogen and oxygen atoms in total. The summed E-state index contributed by atoms with van der Waals surface area (Å²) in [6.07, 6.45) is 1.93.